The van der Waals surface area contributed by atoms with Crippen LogP contribution in [0.15, 0.2) is 0 Å². The number of thiazole rings is 1. The maximum absolute atomic E-state index is 13.2. The first-order chi connectivity index (χ1) is 11.8. The third-order valence-corrected chi connectivity index (χ3v) is 8.04. The molecule has 3 atom stereocenters. The lowest BCUT2D eigenvalue weighted by atomic mass is 9.65. The fourth-order valence-corrected chi connectivity index (χ4v) is 5.88. The Morgan fingerprint density at radius 2 is 1.84 bits per heavy atom. The Balaban J connectivity index is 1.72. The number of hydrogen-bond acceptors (Lipinski definition) is 4. The first-order valence-corrected chi connectivity index (χ1v) is 10.6. The quantitative estimate of drug-likeness (QED) is 0.870. The van der Waals surface area contributed by atoms with Crippen LogP contribution in [0.3, 0.4) is 0 Å². The molecule has 2 aliphatic rings. The third-order valence-electron chi connectivity index (χ3n) is 6.41. The van der Waals surface area contributed by atoms with E-state index in [9.17, 15) is 4.79 Å². The molecular formula is C20H33N3OS. The van der Waals surface area contributed by atoms with Crippen LogP contribution in [-0.2, 0) is 4.79 Å². The Morgan fingerprint density at radius 1 is 1.24 bits per heavy atom. The van der Waals surface area contributed by atoms with Crippen LogP contribution in [0.4, 0.5) is 0 Å². The van der Waals surface area contributed by atoms with E-state index in [0.29, 0.717) is 29.7 Å². The third kappa shape index (κ3) is 3.63. The van der Waals surface area contributed by atoms with E-state index in [0.717, 1.165) is 18.5 Å². The fourth-order valence-electron chi connectivity index (χ4n) is 4.71. The Bertz CT molecular complexity index is 612. The largest absolute Gasteiger partial charge is 0.338 e. The molecular weight excluding hydrogens is 330 g/mol. The molecule has 25 heavy (non-hydrogen) atoms. The summed E-state index contributed by atoms with van der Waals surface area (Å²) < 4.78 is 0. The number of carbonyl (C=O) groups is 1. The number of carbonyl (C=O) groups excluding carboxylic acids is 1. The molecule has 0 aliphatic heterocycles. The molecule has 1 heterocycles. The molecule has 2 bridgehead atoms. The lowest BCUT2D eigenvalue weighted by Gasteiger charge is -2.44. The van der Waals surface area contributed by atoms with Crippen molar-refractivity contribution in [3.05, 3.63) is 15.6 Å². The van der Waals surface area contributed by atoms with Gasteiger partial charge < -0.3 is 10.6 Å². The SMILES string of the molecule is Cc1nc(C(C)C)sc1C(C)N(C)C(=O)C1CC2CCCC(C1)C2N. The van der Waals surface area contributed by atoms with Crippen LogP contribution in [0.1, 0.15) is 80.4 Å². The standard InChI is InChI=1S/C20H33N3OS/c1-11(2)19-22-12(3)18(25-19)13(4)23(5)20(24)16-9-14-7-6-8-15(10-16)17(14)21/h11,13-17H,6-10,21H2,1-5H3. The molecule has 4 nitrogen and oxygen atoms in total. The van der Waals surface area contributed by atoms with E-state index in [-0.39, 0.29) is 12.0 Å². The molecule has 0 saturated heterocycles. The van der Waals surface area contributed by atoms with Gasteiger partial charge in [0.05, 0.1) is 16.7 Å². The Morgan fingerprint density at radius 3 is 2.36 bits per heavy atom. The average Bonchev–Trinajstić information content (AvgIpc) is 2.94. The summed E-state index contributed by atoms with van der Waals surface area (Å²) in [5.41, 5.74) is 7.47. The van der Waals surface area contributed by atoms with Gasteiger partial charge in [0.15, 0.2) is 0 Å². The van der Waals surface area contributed by atoms with Crippen molar-refractivity contribution in [1.29, 1.82) is 0 Å². The van der Waals surface area contributed by atoms with Gasteiger partial charge in [0.2, 0.25) is 5.91 Å². The van der Waals surface area contributed by atoms with Crippen molar-refractivity contribution in [3.8, 4) is 0 Å². The zero-order valence-corrected chi connectivity index (χ0v) is 17.1. The molecule has 1 aromatic rings. The molecule has 2 saturated carbocycles. The van der Waals surface area contributed by atoms with Gasteiger partial charge >= 0.3 is 0 Å². The van der Waals surface area contributed by atoms with Gasteiger partial charge in [-0.25, -0.2) is 4.98 Å². The van der Waals surface area contributed by atoms with E-state index >= 15 is 0 Å². The van der Waals surface area contributed by atoms with E-state index in [1.165, 1.54) is 29.1 Å². The van der Waals surface area contributed by atoms with E-state index in [1.807, 2.05) is 11.9 Å². The normalized spacial score (nSPS) is 30.4. The Kier molecular flexibility index (Phi) is 5.54. The lowest BCUT2D eigenvalue weighted by molar-refractivity contribution is -0.139. The second-order valence-corrected chi connectivity index (χ2v) is 9.54. The van der Waals surface area contributed by atoms with Gasteiger partial charge in [-0.05, 0) is 51.4 Å². The van der Waals surface area contributed by atoms with Crippen LogP contribution in [0, 0.1) is 24.7 Å². The van der Waals surface area contributed by atoms with Gasteiger partial charge in [0.1, 0.15) is 0 Å². The first kappa shape index (κ1) is 18.8. The highest BCUT2D eigenvalue weighted by Gasteiger charge is 2.41. The summed E-state index contributed by atoms with van der Waals surface area (Å²) in [6, 6.07) is 0.408. The van der Waals surface area contributed by atoms with Crippen LogP contribution in [0.2, 0.25) is 0 Å². The maximum Gasteiger partial charge on any atom is 0.225 e. The number of rotatable bonds is 4. The second kappa shape index (κ2) is 7.36. The highest BCUT2D eigenvalue weighted by Crippen LogP contribution is 2.43. The molecule has 2 fully saturated rings. The lowest BCUT2D eigenvalue weighted by Crippen LogP contribution is -2.49. The molecule has 1 amide bonds. The van der Waals surface area contributed by atoms with Crippen LogP contribution < -0.4 is 5.73 Å². The van der Waals surface area contributed by atoms with E-state index in [4.69, 9.17) is 10.7 Å². The van der Waals surface area contributed by atoms with Crippen LogP contribution >= 0.6 is 11.3 Å². The second-order valence-electron chi connectivity index (χ2n) is 8.48. The van der Waals surface area contributed by atoms with Gasteiger partial charge in [-0.2, -0.15) is 0 Å². The molecule has 0 aromatic carbocycles. The maximum atomic E-state index is 13.2. The first-order valence-electron chi connectivity index (χ1n) is 9.79. The molecule has 1 aromatic heterocycles. The monoisotopic (exact) mass is 363 g/mol. The summed E-state index contributed by atoms with van der Waals surface area (Å²) in [5.74, 6) is 1.98. The van der Waals surface area contributed by atoms with Crippen LogP contribution in [-0.4, -0.2) is 28.9 Å². The fraction of sp³-hybridized carbons (Fsp3) is 0.800. The van der Waals surface area contributed by atoms with Gasteiger partial charge in [0.25, 0.3) is 0 Å². The molecule has 2 aliphatic carbocycles. The number of aromatic nitrogens is 1. The smallest absolute Gasteiger partial charge is 0.225 e. The van der Waals surface area contributed by atoms with Gasteiger partial charge in [-0.3, -0.25) is 4.79 Å². The van der Waals surface area contributed by atoms with Gasteiger partial charge in [-0.15, -0.1) is 11.3 Å². The highest BCUT2D eigenvalue weighted by molar-refractivity contribution is 7.11. The van der Waals surface area contributed by atoms with E-state index in [1.54, 1.807) is 11.3 Å². The van der Waals surface area contributed by atoms with E-state index < -0.39 is 0 Å². The molecule has 2 N–H and O–H groups in total. The molecule has 0 radical (unpaired) electrons. The molecule has 0 spiro atoms. The van der Waals surface area contributed by atoms with Gasteiger partial charge in [-0.1, -0.05) is 20.3 Å². The summed E-state index contributed by atoms with van der Waals surface area (Å²) in [7, 11) is 1.96. The minimum atomic E-state index is 0.0907. The predicted molar refractivity (Wildman–Crippen MR) is 104 cm³/mol. The van der Waals surface area contributed by atoms with Crippen molar-refractivity contribution in [1.82, 2.24) is 9.88 Å². The van der Waals surface area contributed by atoms with Crippen LogP contribution in [0.5, 0.6) is 0 Å². The van der Waals surface area contributed by atoms with Crippen molar-refractivity contribution in [2.75, 3.05) is 7.05 Å². The molecule has 3 unspecified atom stereocenters. The number of nitrogens with zero attached hydrogens (tertiary/aromatic N) is 2. The summed E-state index contributed by atoms with van der Waals surface area (Å²) in [6.07, 6.45) is 5.64. The van der Waals surface area contributed by atoms with Crippen molar-refractivity contribution in [3.63, 3.8) is 0 Å². The van der Waals surface area contributed by atoms with Crippen molar-refractivity contribution in [2.24, 2.45) is 23.5 Å². The van der Waals surface area contributed by atoms with Gasteiger partial charge in [0, 0.05) is 29.8 Å². The van der Waals surface area contributed by atoms with Crippen molar-refractivity contribution < 1.29 is 4.79 Å². The number of aryl methyl sites for hydroxylation is 1. The molecule has 3 rings (SSSR count). The summed E-state index contributed by atoms with van der Waals surface area (Å²) >= 11 is 1.76. The number of amides is 1. The molecule has 5 heteroatoms. The Labute approximate surface area is 156 Å². The topological polar surface area (TPSA) is 59.2 Å². The Hall–Kier alpha value is -0.940. The summed E-state index contributed by atoms with van der Waals surface area (Å²) in [6.45, 7) is 8.55. The van der Waals surface area contributed by atoms with Crippen molar-refractivity contribution in [2.45, 2.75) is 77.8 Å². The van der Waals surface area contributed by atoms with Crippen molar-refractivity contribution >= 4 is 17.2 Å². The molecule has 140 valence electrons. The summed E-state index contributed by atoms with van der Waals surface area (Å²) in [5, 5.41) is 1.17. The highest BCUT2D eigenvalue weighted by atomic mass is 32.1. The minimum absolute atomic E-state index is 0.0907. The number of nitrogens with two attached hydrogens (primary N) is 1. The van der Waals surface area contributed by atoms with Crippen LogP contribution in [0.25, 0.3) is 0 Å². The number of hydrogen-bond donors (Lipinski definition) is 1. The summed E-state index contributed by atoms with van der Waals surface area (Å²) in [4.78, 5) is 21.1. The minimum Gasteiger partial charge on any atom is -0.338 e. The average molecular weight is 364 g/mol. The predicted octanol–water partition coefficient (Wildman–Crippen LogP) is 4.25. The zero-order valence-electron chi connectivity index (χ0n) is 16.3. The van der Waals surface area contributed by atoms with E-state index in [2.05, 4.69) is 27.7 Å². The number of fused-ring (bicyclic) bond motifs is 2. The zero-order chi connectivity index (χ0) is 18.3.